The highest BCUT2D eigenvalue weighted by Gasteiger charge is 2.37. The minimum atomic E-state index is -4.67. The number of nitrogens with zero attached hydrogens (tertiary/aromatic N) is 2. The van der Waals surface area contributed by atoms with Crippen molar-refractivity contribution in [2.45, 2.75) is 38.1 Å². The van der Waals surface area contributed by atoms with Gasteiger partial charge in [0, 0.05) is 12.6 Å². The molecule has 0 spiro atoms. The van der Waals surface area contributed by atoms with Gasteiger partial charge in [-0.05, 0) is 43.4 Å². The number of amides is 1. The van der Waals surface area contributed by atoms with Crippen LogP contribution in [-0.4, -0.2) is 47.9 Å². The van der Waals surface area contributed by atoms with Crippen LogP contribution in [0.3, 0.4) is 0 Å². The van der Waals surface area contributed by atoms with Crippen LogP contribution >= 0.6 is 0 Å². The Balaban J connectivity index is 1.45. The first kappa shape index (κ1) is 16.1. The van der Waals surface area contributed by atoms with E-state index in [9.17, 15) is 18.0 Å². The number of rotatable bonds is 6. The summed E-state index contributed by atoms with van der Waals surface area (Å²) in [5.74, 6) is -0.000617. The van der Waals surface area contributed by atoms with Gasteiger partial charge in [-0.25, -0.2) is 0 Å². The quantitative estimate of drug-likeness (QED) is 0.805. The highest BCUT2D eigenvalue weighted by atomic mass is 19.4. The summed E-state index contributed by atoms with van der Waals surface area (Å²) in [6.07, 6.45) is -1.01. The van der Waals surface area contributed by atoms with Gasteiger partial charge in [0.2, 0.25) is 5.91 Å². The molecular formula is C16H19F3N2O2. The number of alkyl halides is 3. The zero-order valence-corrected chi connectivity index (χ0v) is 12.7. The maximum absolute atomic E-state index is 12.2. The van der Waals surface area contributed by atoms with Crippen molar-refractivity contribution in [3.05, 3.63) is 29.8 Å². The Kier molecular flexibility index (Phi) is 4.48. The Morgan fingerprint density at radius 2 is 2.04 bits per heavy atom. The van der Waals surface area contributed by atoms with E-state index >= 15 is 0 Å². The van der Waals surface area contributed by atoms with Crippen molar-refractivity contribution in [3.8, 4) is 5.75 Å². The molecule has 0 unspecified atom stereocenters. The Morgan fingerprint density at radius 3 is 2.74 bits per heavy atom. The predicted molar refractivity (Wildman–Crippen MR) is 77.8 cm³/mol. The van der Waals surface area contributed by atoms with Gasteiger partial charge in [0.15, 0.2) is 0 Å². The molecule has 4 nitrogen and oxygen atoms in total. The highest BCUT2D eigenvalue weighted by molar-refractivity contribution is 5.80. The first-order valence-corrected chi connectivity index (χ1v) is 7.77. The van der Waals surface area contributed by atoms with Crippen LogP contribution in [-0.2, 0) is 11.2 Å². The van der Waals surface area contributed by atoms with Crippen LogP contribution in [0.25, 0.3) is 0 Å². The fraction of sp³-hybridized carbons (Fsp3) is 0.562. The van der Waals surface area contributed by atoms with E-state index in [0.717, 1.165) is 31.4 Å². The van der Waals surface area contributed by atoms with Gasteiger partial charge in [0.1, 0.15) is 5.75 Å². The molecule has 0 N–H and O–H groups in total. The summed E-state index contributed by atoms with van der Waals surface area (Å²) < 4.78 is 40.5. The molecule has 1 aromatic carbocycles. The Morgan fingerprint density at radius 1 is 1.26 bits per heavy atom. The van der Waals surface area contributed by atoms with Crippen molar-refractivity contribution in [3.63, 3.8) is 0 Å². The molecule has 126 valence electrons. The molecule has 1 heterocycles. The highest BCUT2D eigenvalue weighted by Crippen LogP contribution is 2.29. The second-order valence-corrected chi connectivity index (χ2v) is 6.09. The zero-order chi connectivity index (χ0) is 16.4. The first-order chi connectivity index (χ1) is 10.9. The SMILES string of the molecule is O=C1CN(CCCc2cccc(OC(F)(F)F)c2)CN1C1CC1. The van der Waals surface area contributed by atoms with Gasteiger partial charge in [-0.1, -0.05) is 12.1 Å². The van der Waals surface area contributed by atoms with Gasteiger partial charge in [-0.2, -0.15) is 0 Å². The molecule has 3 rings (SSSR count). The van der Waals surface area contributed by atoms with Crippen molar-refractivity contribution < 1.29 is 22.7 Å². The van der Waals surface area contributed by atoms with E-state index in [0.29, 0.717) is 25.7 Å². The summed E-state index contributed by atoms with van der Waals surface area (Å²) in [4.78, 5) is 15.9. The summed E-state index contributed by atoms with van der Waals surface area (Å²) in [5, 5.41) is 0. The van der Waals surface area contributed by atoms with Crippen molar-refractivity contribution in [1.29, 1.82) is 0 Å². The Bertz CT molecular complexity index is 573. The van der Waals surface area contributed by atoms with Gasteiger partial charge < -0.3 is 9.64 Å². The van der Waals surface area contributed by atoms with E-state index in [-0.39, 0.29) is 11.7 Å². The number of hydrogen-bond acceptors (Lipinski definition) is 3. The molecule has 1 aliphatic heterocycles. The van der Waals surface area contributed by atoms with Crippen LogP contribution in [0.4, 0.5) is 13.2 Å². The maximum Gasteiger partial charge on any atom is 0.573 e. The molecule has 7 heteroatoms. The third kappa shape index (κ3) is 4.60. The predicted octanol–water partition coefficient (Wildman–Crippen LogP) is 2.78. The van der Waals surface area contributed by atoms with Gasteiger partial charge in [-0.3, -0.25) is 9.69 Å². The van der Waals surface area contributed by atoms with Crippen LogP contribution in [0, 0.1) is 0 Å². The van der Waals surface area contributed by atoms with E-state index in [1.54, 1.807) is 12.1 Å². The maximum atomic E-state index is 12.2. The van der Waals surface area contributed by atoms with E-state index in [2.05, 4.69) is 9.64 Å². The van der Waals surface area contributed by atoms with Crippen molar-refractivity contribution in [2.75, 3.05) is 19.8 Å². The second-order valence-electron chi connectivity index (χ2n) is 6.09. The van der Waals surface area contributed by atoms with Crippen molar-refractivity contribution in [2.24, 2.45) is 0 Å². The molecule has 1 aromatic rings. The topological polar surface area (TPSA) is 32.8 Å². The summed E-state index contributed by atoms with van der Waals surface area (Å²) >= 11 is 0. The summed E-state index contributed by atoms with van der Waals surface area (Å²) in [5.41, 5.74) is 0.802. The minimum absolute atomic E-state index is 0.188. The molecular weight excluding hydrogens is 309 g/mol. The lowest BCUT2D eigenvalue weighted by molar-refractivity contribution is -0.274. The molecule has 2 fully saturated rings. The van der Waals surface area contributed by atoms with E-state index < -0.39 is 6.36 Å². The lowest BCUT2D eigenvalue weighted by Gasteiger charge is -2.17. The Hall–Kier alpha value is -1.76. The zero-order valence-electron chi connectivity index (χ0n) is 12.7. The van der Waals surface area contributed by atoms with Crippen LogP contribution in [0.1, 0.15) is 24.8 Å². The van der Waals surface area contributed by atoms with Crippen LogP contribution in [0.5, 0.6) is 5.75 Å². The molecule has 1 aliphatic carbocycles. The number of carbonyl (C=O) groups excluding carboxylic acids is 1. The standard InChI is InChI=1S/C16H19F3N2O2/c17-16(18,19)23-14-5-1-3-12(9-14)4-2-8-20-10-15(22)21(11-20)13-6-7-13/h1,3,5,9,13H,2,4,6-8,10-11H2. The van der Waals surface area contributed by atoms with Crippen molar-refractivity contribution in [1.82, 2.24) is 9.80 Å². The molecule has 0 radical (unpaired) electrons. The normalized spacial score (nSPS) is 19.4. The van der Waals surface area contributed by atoms with E-state index in [4.69, 9.17) is 0 Å². The van der Waals surface area contributed by atoms with Crippen LogP contribution in [0.2, 0.25) is 0 Å². The third-order valence-corrected chi connectivity index (χ3v) is 4.09. The second kappa shape index (κ2) is 6.39. The molecule has 0 aromatic heterocycles. The monoisotopic (exact) mass is 328 g/mol. The van der Waals surface area contributed by atoms with Gasteiger partial charge in [0.05, 0.1) is 13.2 Å². The summed E-state index contributed by atoms with van der Waals surface area (Å²) in [6, 6.07) is 6.49. The van der Waals surface area contributed by atoms with Gasteiger partial charge in [-0.15, -0.1) is 13.2 Å². The van der Waals surface area contributed by atoms with Crippen LogP contribution in [0.15, 0.2) is 24.3 Å². The van der Waals surface area contributed by atoms with Gasteiger partial charge >= 0.3 is 6.36 Å². The number of benzene rings is 1. The fourth-order valence-corrected chi connectivity index (χ4v) is 2.89. The third-order valence-electron chi connectivity index (χ3n) is 4.09. The van der Waals surface area contributed by atoms with E-state index in [1.165, 1.54) is 12.1 Å². The average molecular weight is 328 g/mol. The summed E-state index contributed by atoms with van der Waals surface area (Å²) in [7, 11) is 0. The largest absolute Gasteiger partial charge is 0.573 e. The molecule has 1 saturated heterocycles. The van der Waals surface area contributed by atoms with Gasteiger partial charge in [0.25, 0.3) is 0 Å². The molecule has 2 aliphatic rings. The summed E-state index contributed by atoms with van der Waals surface area (Å²) in [6.45, 7) is 1.90. The molecule has 0 bridgehead atoms. The lowest BCUT2D eigenvalue weighted by Crippen LogP contribution is -2.29. The average Bonchev–Trinajstić information content (AvgIpc) is 3.22. The smallest absolute Gasteiger partial charge is 0.406 e. The molecule has 1 amide bonds. The Labute approximate surface area is 132 Å². The number of aryl methyl sites for hydroxylation is 1. The molecule has 23 heavy (non-hydrogen) atoms. The van der Waals surface area contributed by atoms with Crippen LogP contribution < -0.4 is 4.74 Å². The van der Waals surface area contributed by atoms with Crippen molar-refractivity contribution >= 4 is 5.91 Å². The molecule has 1 saturated carbocycles. The fourth-order valence-electron chi connectivity index (χ4n) is 2.89. The number of halogens is 3. The van der Waals surface area contributed by atoms with E-state index in [1.807, 2.05) is 4.90 Å². The lowest BCUT2D eigenvalue weighted by atomic mass is 10.1. The molecule has 0 atom stereocenters. The minimum Gasteiger partial charge on any atom is -0.406 e. The number of ether oxygens (including phenoxy) is 1. The first-order valence-electron chi connectivity index (χ1n) is 7.77. The number of carbonyl (C=O) groups is 1. The number of hydrogen-bond donors (Lipinski definition) is 0.